The standard InChI is InChI=1S/C31H34N2OS/c1-21(2)25-13-9-23(10-14-25)19-28-29(34)33(27-17-7-22(3)8-18-27)30(32-28)35-20-24-11-15-26(16-12-24)31(4,5)6/h7-19,21H,20H2,1-6H3. The van der Waals surface area contributed by atoms with Crippen LogP contribution in [-0.4, -0.2) is 11.1 Å². The van der Waals surface area contributed by atoms with E-state index in [0.717, 1.165) is 22.6 Å². The minimum Gasteiger partial charge on any atom is -0.266 e. The summed E-state index contributed by atoms with van der Waals surface area (Å²) in [6, 6.07) is 25.1. The second kappa shape index (κ2) is 10.2. The van der Waals surface area contributed by atoms with Crippen LogP contribution in [0.4, 0.5) is 5.69 Å². The normalized spacial score (nSPS) is 15.3. The summed E-state index contributed by atoms with van der Waals surface area (Å²) in [4.78, 5) is 20.0. The third-order valence-electron chi connectivity index (χ3n) is 6.22. The number of thioether (sulfide) groups is 1. The number of rotatable bonds is 5. The van der Waals surface area contributed by atoms with Crippen molar-refractivity contribution in [2.45, 2.75) is 58.6 Å². The fourth-order valence-corrected chi connectivity index (χ4v) is 4.87. The maximum Gasteiger partial charge on any atom is 0.283 e. The molecule has 0 aromatic heterocycles. The molecule has 0 atom stereocenters. The first-order valence-corrected chi connectivity index (χ1v) is 13.1. The van der Waals surface area contributed by atoms with Gasteiger partial charge < -0.3 is 0 Å². The first-order valence-electron chi connectivity index (χ1n) is 12.2. The number of aliphatic imine (C=N–C) groups is 1. The third kappa shape index (κ3) is 5.94. The quantitative estimate of drug-likeness (QED) is 0.344. The molecule has 0 saturated carbocycles. The summed E-state index contributed by atoms with van der Waals surface area (Å²) in [5.74, 6) is 1.13. The highest BCUT2D eigenvalue weighted by Crippen LogP contribution is 2.32. The fourth-order valence-electron chi connectivity index (χ4n) is 3.90. The van der Waals surface area contributed by atoms with Crippen LogP contribution in [0.2, 0.25) is 0 Å². The van der Waals surface area contributed by atoms with Crippen molar-refractivity contribution in [2.75, 3.05) is 4.90 Å². The van der Waals surface area contributed by atoms with Gasteiger partial charge in [0, 0.05) is 5.75 Å². The minimum absolute atomic E-state index is 0.0904. The number of nitrogens with zero attached hydrogens (tertiary/aromatic N) is 2. The predicted molar refractivity (Wildman–Crippen MR) is 151 cm³/mol. The molecule has 0 radical (unpaired) electrons. The molecule has 35 heavy (non-hydrogen) atoms. The van der Waals surface area contributed by atoms with Crippen LogP contribution in [0.3, 0.4) is 0 Å². The lowest BCUT2D eigenvalue weighted by atomic mass is 9.87. The average molecular weight is 483 g/mol. The molecule has 4 rings (SSSR count). The van der Waals surface area contributed by atoms with Crippen molar-refractivity contribution in [3.05, 3.63) is 106 Å². The molecule has 1 aliphatic rings. The molecular formula is C31H34N2OS. The number of amides is 1. The molecule has 0 spiro atoms. The van der Waals surface area contributed by atoms with Crippen molar-refractivity contribution < 1.29 is 4.79 Å². The van der Waals surface area contributed by atoms with E-state index in [9.17, 15) is 4.79 Å². The van der Waals surface area contributed by atoms with Crippen LogP contribution in [0.15, 0.2) is 83.5 Å². The first kappa shape index (κ1) is 25.0. The van der Waals surface area contributed by atoms with Crippen LogP contribution in [0, 0.1) is 6.92 Å². The minimum atomic E-state index is -0.0904. The van der Waals surface area contributed by atoms with Gasteiger partial charge in [0.1, 0.15) is 5.70 Å². The molecule has 3 nitrogen and oxygen atoms in total. The molecule has 0 fully saturated rings. The molecule has 1 amide bonds. The van der Waals surface area contributed by atoms with E-state index in [1.54, 1.807) is 16.7 Å². The maximum absolute atomic E-state index is 13.5. The molecule has 3 aromatic rings. The summed E-state index contributed by atoms with van der Waals surface area (Å²) in [5.41, 5.74) is 7.38. The van der Waals surface area contributed by atoms with Gasteiger partial charge in [0.25, 0.3) is 5.91 Å². The molecule has 180 valence electrons. The highest BCUT2D eigenvalue weighted by atomic mass is 32.2. The Balaban J connectivity index is 1.61. The first-order chi connectivity index (χ1) is 16.6. The van der Waals surface area contributed by atoms with Crippen LogP contribution in [-0.2, 0) is 16.0 Å². The Morgan fingerprint density at radius 2 is 1.54 bits per heavy atom. The molecule has 0 bridgehead atoms. The average Bonchev–Trinajstić information content (AvgIpc) is 3.13. The number of amidine groups is 1. The monoisotopic (exact) mass is 482 g/mol. The van der Waals surface area contributed by atoms with E-state index < -0.39 is 0 Å². The van der Waals surface area contributed by atoms with Crippen LogP contribution < -0.4 is 4.90 Å². The number of anilines is 1. The molecule has 0 aliphatic carbocycles. The fraction of sp³-hybridized carbons (Fsp3) is 0.290. The number of hydrogen-bond donors (Lipinski definition) is 0. The topological polar surface area (TPSA) is 32.7 Å². The maximum atomic E-state index is 13.5. The molecule has 1 aliphatic heterocycles. The van der Waals surface area contributed by atoms with Gasteiger partial charge in [-0.2, -0.15) is 0 Å². The molecule has 3 aromatic carbocycles. The van der Waals surface area contributed by atoms with Gasteiger partial charge in [-0.25, -0.2) is 4.99 Å². The van der Waals surface area contributed by atoms with E-state index in [1.807, 2.05) is 37.3 Å². The SMILES string of the molecule is Cc1ccc(N2C(=O)C(=Cc3ccc(C(C)C)cc3)N=C2SCc2ccc(C(C)(C)C)cc2)cc1. The van der Waals surface area contributed by atoms with Crippen molar-refractivity contribution in [2.24, 2.45) is 4.99 Å². The number of hydrogen-bond acceptors (Lipinski definition) is 3. The summed E-state index contributed by atoms with van der Waals surface area (Å²) < 4.78 is 0. The summed E-state index contributed by atoms with van der Waals surface area (Å²) in [6.07, 6.45) is 1.89. The van der Waals surface area contributed by atoms with Gasteiger partial charge >= 0.3 is 0 Å². The summed E-state index contributed by atoms with van der Waals surface area (Å²) in [6.45, 7) is 13.1. The molecule has 1 heterocycles. The Bertz CT molecular complexity index is 1250. The van der Waals surface area contributed by atoms with Crippen molar-refractivity contribution in [1.82, 2.24) is 0 Å². The van der Waals surface area contributed by atoms with Crippen molar-refractivity contribution in [1.29, 1.82) is 0 Å². The van der Waals surface area contributed by atoms with Crippen molar-refractivity contribution >= 4 is 34.6 Å². The number of carbonyl (C=O) groups excluding carboxylic acids is 1. The zero-order valence-electron chi connectivity index (χ0n) is 21.5. The van der Waals surface area contributed by atoms with Crippen LogP contribution in [0.5, 0.6) is 0 Å². The molecule has 0 unspecified atom stereocenters. The Morgan fingerprint density at radius 1 is 0.914 bits per heavy atom. The number of benzene rings is 3. The van der Waals surface area contributed by atoms with Crippen molar-refractivity contribution in [3.8, 4) is 0 Å². The lowest BCUT2D eigenvalue weighted by Crippen LogP contribution is -2.30. The summed E-state index contributed by atoms with van der Waals surface area (Å²) in [7, 11) is 0. The highest BCUT2D eigenvalue weighted by Gasteiger charge is 2.32. The zero-order chi connectivity index (χ0) is 25.2. The van der Waals surface area contributed by atoms with E-state index in [2.05, 4.69) is 83.1 Å². The van der Waals surface area contributed by atoms with Gasteiger partial charge in [0.15, 0.2) is 5.17 Å². The van der Waals surface area contributed by atoms with Gasteiger partial charge in [-0.1, -0.05) is 113 Å². The second-order valence-electron chi connectivity index (χ2n) is 10.5. The molecule has 0 N–H and O–H groups in total. The van der Waals surface area contributed by atoms with E-state index in [1.165, 1.54) is 16.7 Å². The molecule has 4 heteroatoms. The van der Waals surface area contributed by atoms with Crippen LogP contribution in [0.25, 0.3) is 6.08 Å². The smallest absolute Gasteiger partial charge is 0.266 e. The van der Waals surface area contributed by atoms with Gasteiger partial charge in [-0.3, -0.25) is 9.69 Å². The highest BCUT2D eigenvalue weighted by molar-refractivity contribution is 8.13. The van der Waals surface area contributed by atoms with E-state index in [0.29, 0.717) is 16.8 Å². The Hall–Kier alpha value is -3.11. The lowest BCUT2D eigenvalue weighted by Gasteiger charge is -2.20. The molecule has 0 saturated heterocycles. The Kier molecular flexibility index (Phi) is 7.32. The zero-order valence-corrected chi connectivity index (χ0v) is 22.3. The second-order valence-corrected chi connectivity index (χ2v) is 11.4. The van der Waals surface area contributed by atoms with E-state index in [-0.39, 0.29) is 11.3 Å². The van der Waals surface area contributed by atoms with Gasteiger partial charge in [0.2, 0.25) is 0 Å². The summed E-state index contributed by atoms with van der Waals surface area (Å²) >= 11 is 1.60. The van der Waals surface area contributed by atoms with Gasteiger partial charge in [-0.15, -0.1) is 0 Å². The van der Waals surface area contributed by atoms with Crippen molar-refractivity contribution in [3.63, 3.8) is 0 Å². The Labute approximate surface area is 214 Å². The lowest BCUT2D eigenvalue weighted by molar-refractivity contribution is -0.113. The van der Waals surface area contributed by atoms with Gasteiger partial charge in [-0.05, 0) is 58.7 Å². The Morgan fingerprint density at radius 3 is 2.11 bits per heavy atom. The number of carbonyl (C=O) groups is 1. The van der Waals surface area contributed by atoms with Crippen LogP contribution >= 0.6 is 11.8 Å². The van der Waals surface area contributed by atoms with Gasteiger partial charge in [0.05, 0.1) is 5.69 Å². The summed E-state index contributed by atoms with van der Waals surface area (Å²) in [5, 5.41) is 0.712. The number of aryl methyl sites for hydroxylation is 1. The molecular weight excluding hydrogens is 448 g/mol. The van der Waals surface area contributed by atoms with E-state index in [4.69, 9.17) is 4.99 Å². The van der Waals surface area contributed by atoms with Crippen LogP contribution in [0.1, 0.15) is 68.4 Å². The third-order valence-corrected chi connectivity index (χ3v) is 7.23. The largest absolute Gasteiger partial charge is 0.283 e. The predicted octanol–water partition coefficient (Wildman–Crippen LogP) is 8.09. The van der Waals surface area contributed by atoms with E-state index >= 15 is 0 Å².